The molecule has 2 fully saturated rings. The van der Waals surface area contributed by atoms with Gasteiger partial charge in [-0.05, 0) is 69.6 Å². The van der Waals surface area contributed by atoms with E-state index in [1.165, 1.54) is 11.3 Å². The predicted octanol–water partition coefficient (Wildman–Crippen LogP) is 3.52. The Bertz CT molecular complexity index is 982. The SMILES string of the molecule is Cc1cc(OC[C@]2(CC(=O)N3CCN(C)CC3)CCCN(Cc3c(C)cnn3C)C2)ccc1Cl. The van der Waals surface area contributed by atoms with Crippen LogP contribution < -0.4 is 4.74 Å². The fraction of sp³-hybridized carbons (Fsp3) is 0.615. The molecule has 0 N–H and O–H groups in total. The molecule has 0 spiro atoms. The molecular weight excluding hydrogens is 450 g/mol. The Hall–Kier alpha value is -2.09. The number of likely N-dealkylation sites (tertiary alicyclic amines) is 1. The second-order valence-electron chi connectivity index (χ2n) is 10.3. The zero-order valence-corrected chi connectivity index (χ0v) is 21.8. The molecule has 3 heterocycles. The number of ether oxygens (including phenoxy) is 1. The van der Waals surface area contributed by atoms with Crippen molar-refractivity contribution in [2.24, 2.45) is 12.5 Å². The Labute approximate surface area is 208 Å². The van der Waals surface area contributed by atoms with Crippen LogP contribution in [0.2, 0.25) is 5.02 Å². The quantitative estimate of drug-likeness (QED) is 0.598. The Balaban J connectivity index is 1.51. The first-order valence-electron chi connectivity index (χ1n) is 12.3. The Kier molecular flexibility index (Phi) is 7.85. The number of aryl methyl sites for hydroxylation is 3. The van der Waals surface area contributed by atoms with Gasteiger partial charge in [0.25, 0.3) is 0 Å². The fourth-order valence-electron chi connectivity index (χ4n) is 5.20. The molecule has 0 radical (unpaired) electrons. The van der Waals surface area contributed by atoms with Crippen LogP contribution in [0.25, 0.3) is 0 Å². The fourth-order valence-corrected chi connectivity index (χ4v) is 5.32. The Morgan fingerprint density at radius 1 is 1.12 bits per heavy atom. The smallest absolute Gasteiger partial charge is 0.223 e. The van der Waals surface area contributed by atoms with Crippen LogP contribution in [0.3, 0.4) is 0 Å². The lowest BCUT2D eigenvalue weighted by molar-refractivity contribution is -0.137. The minimum Gasteiger partial charge on any atom is -0.493 e. The van der Waals surface area contributed by atoms with Crippen LogP contribution in [0.1, 0.15) is 36.1 Å². The van der Waals surface area contributed by atoms with E-state index < -0.39 is 0 Å². The van der Waals surface area contributed by atoms with Gasteiger partial charge in [0.05, 0.1) is 18.5 Å². The summed E-state index contributed by atoms with van der Waals surface area (Å²) in [5, 5.41) is 5.15. The second-order valence-corrected chi connectivity index (χ2v) is 10.7. The number of piperidine rings is 1. The van der Waals surface area contributed by atoms with E-state index in [0.29, 0.717) is 13.0 Å². The van der Waals surface area contributed by atoms with Crippen LogP contribution in [0.5, 0.6) is 5.75 Å². The summed E-state index contributed by atoms with van der Waals surface area (Å²) in [6.07, 6.45) is 4.48. The summed E-state index contributed by atoms with van der Waals surface area (Å²) in [5.41, 5.74) is 3.22. The van der Waals surface area contributed by atoms with Crippen molar-refractivity contribution in [1.29, 1.82) is 0 Å². The molecule has 2 aliphatic heterocycles. The molecule has 7 nitrogen and oxygen atoms in total. The number of likely N-dealkylation sites (N-methyl/N-ethyl adjacent to an activating group) is 1. The molecule has 0 aliphatic carbocycles. The van der Waals surface area contributed by atoms with Gasteiger partial charge in [0.2, 0.25) is 5.91 Å². The molecule has 0 saturated carbocycles. The molecule has 0 unspecified atom stereocenters. The number of nitrogens with zero attached hydrogens (tertiary/aromatic N) is 5. The molecular formula is C26H38ClN5O2. The molecule has 1 aromatic carbocycles. The lowest BCUT2D eigenvalue weighted by atomic mass is 9.77. The number of hydrogen-bond acceptors (Lipinski definition) is 5. The standard InChI is InChI=1S/C26H38ClN5O2/c1-20-14-22(6-7-23(20)27)34-19-26(15-25(33)32-12-10-29(3)11-13-32)8-5-9-31(18-26)17-24-21(2)16-28-30(24)4/h6-7,14,16H,5,8-13,15,17-19H2,1-4H3/t26-/m0/s1. The highest BCUT2D eigenvalue weighted by molar-refractivity contribution is 6.31. The van der Waals surface area contributed by atoms with Crippen LogP contribution in [0.4, 0.5) is 0 Å². The molecule has 0 bridgehead atoms. The highest BCUT2D eigenvalue weighted by Crippen LogP contribution is 2.36. The number of halogens is 1. The van der Waals surface area contributed by atoms with E-state index in [-0.39, 0.29) is 11.3 Å². The van der Waals surface area contributed by atoms with Crippen LogP contribution in [0.15, 0.2) is 24.4 Å². The molecule has 2 aliphatic rings. The van der Waals surface area contributed by atoms with E-state index in [9.17, 15) is 4.79 Å². The van der Waals surface area contributed by atoms with Gasteiger partial charge in [-0.1, -0.05) is 11.6 Å². The van der Waals surface area contributed by atoms with Crippen molar-refractivity contribution in [3.63, 3.8) is 0 Å². The third kappa shape index (κ3) is 5.93. The van der Waals surface area contributed by atoms with E-state index in [1.54, 1.807) is 0 Å². The van der Waals surface area contributed by atoms with Crippen LogP contribution in [-0.4, -0.2) is 83.3 Å². The summed E-state index contributed by atoms with van der Waals surface area (Å²) < 4.78 is 8.31. The number of hydrogen-bond donors (Lipinski definition) is 0. The van der Waals surface area contributed by atoms with Crippen molar-refractivity contribution in [1.82, 2.24) is 24.5 Å². The van der Waals surface area contributed by atoms with E-state index in [4.69, 9.17) is 16.3 Å². The summed E-state index contributed by atoms with van der Waals surface area (Å²) in [6.45, 7) is 10.8. The molecule has 1 atom stereocenters. The van der Waals surface area contributed by atoms with E-state index in [0.717, 1.165) is 75.0 Å². The highest BCUT2D eigenvalue weighted by Gasteiger charge is 2.40. The van der Waals surface area contributed by atoms with Gasteiger partial charge in [-0.25, -0.2) is 0 Å². The number of carbonyl (C=O) groups excluding carboxylic acids is 1. The average molecular weight is 488 g/mol. The Morgan fingerprint density at radius 2 is 1.88 bits per heavy atom. The first kappa shape index (κ1) is 25.0. The van der Waals surface area contributed by atoms with Crippen LogP contribution in [0, 0.1) is 19.3 Å². The topological polar surface area (TPSA) is 53.8 Å². The minimum atomic E-state index is -0.223. The molecule has 1 amide bonds. The Morgan fingerprint density at radius 3 is 2.56 bits per heavy atom. The maximum absolute atomic E-state index is 13.4. The van der Waals surface area contributed by atoms with Gasteiger partial charge in [-0.15, -0.1) is 0 Å². The second kappa shape index (κ2) is 10.7. The maximum Gasteiger partial charge on any atom is 0.223 e. The zero-order chi connectivity index (χ0) is 24.3. The number of carbonyl (C=O) groups is 1. The first-order chi connectivity index (χ1) is 16.2. The van der Waals surface area contributed by atoms with Gasteiger partial charge in [-0.3, -0.25) is 14.4 Å². The lowest BCUT2D eigenvalue weighted by Crippen LogP contribution is -2.52. The van der Waals surface area contributed by atoms with Crippen molar-refractivity contribution in [2.75, 3.05) is 52.9 Å². The molecule has 34 heavy (non-hydrogen) atoms. The summed E-state index contributed by atoms with van der Waals surface area (Å²) in [5.74, 6) is 1.07. The van der Waals surface area contributed by atoms with Gasteiger partial charge >= 0.3 is 0 Å². The highest BCUT2D eigenvalue weighted by atomic mass is 35.5. The molecule has 8 heteroatoms. The van der Waals surface area contributed by atoms with Crippen molar-refractivity contribution in [3.05, 3.63) is 46.2 Å². The summed E-state index contributed by atoms with van der Waals surface area (Å²) in [7, 11) is 4.12. The number of rotatable bonds is 7. The zero-order valence-electron chi connectivity index (χ0n) is 21.0. The lowest BCUT2D eigenvalue weighted by Gasteiger charge is -2.43. The largest absolute Gasteiger partial charge is 0.493 e. The molecule has 1 aromatic heterocycles. The summed E-state index contributed by atoms with van der Waals surface area (Å²) >= 11 is 6.21. The summed E-state index contributed by atoms with van der Waals surface area (Å²) in [4.78, 5) is 20.2. The summed E-state index contributed by atoms with van der Waals surface area (Å²) in [6, 6.07) is 5.79. The van der Waals surface area contributed by atoms with Gasteiger partial charge in [0.1, 0.15) is 5.75 Å². The van der Waals surface area contributed by atoms with E-state index in [1.807, 2.05) is 47.9 Å². The molecule has 4 rings (SSSR count). The number of piperazine rings is 1. The predicted molar refractivity (Wildman–Crippen MR) is 135 cm³/mol. The van der Waals surface area contributed by atoms with Gasteiger partial charge in [0.15, 0.2) is 0 Å². The van der Waals surface area contributed by atoms with E-state index in [2.05, 4.69) is 28.9 Å². The van der Waals surface area contributed by atoms with Crippen LogP contribution >= 0.6 is 11.6 Å². The van der Waals surface area contributed by atoms with Crippen molar-refractivity contribution >= 4 is 17.5 Å². The third-order valence-electron chi connectivity index (χ3n) is 7.44. The molecule has 186 valence electrons. The van der Waals surface area contributed by atoms with Crippen molar-refractivity contribution in [3.8, 4) is 5.75 Å². The monoisotopic (exact) mass is 487 g/mol. The van der Waals surface area contributed by atoms with E-state index >= 15 is 0 Å². The first-order valence-corrected chi connectivity index (χ1v) is 12.7. The number of benzene rings is 1. The minimum absolute atomic E-state index is 0.223. The number of amides is 1. The maximum atomic E-state index is 13.4. The molecule has 2 aromatic rings. The van der Waals surface area contributed by atoms with Gasteiger partial charge in [-0.2, -0.15) is 5.10 Å². The van der Waals surface area contributed by atoms with Gasteiger partial charge in [0, 0.05) is 63.2 Å². The average Bonchev–Trinajstić information content (AvgIpc) is 3.12. The number of aromatic nitrogens is 2. The third-order valence-corrected chi connectivity index (χ3v) is 7.86. The normalized spacial score (nSPS) is 22.2. The molecule has 2 saturated heterocycles. The van der Waals surface area contributed by atoms with Gasteiger partial charge < -0.3 is 14.5 Å². The van der Waals surface area contributed by atoms with Crippen molar-refractivity contribution < 1.29 is 9.53 Å². The van der Waals surface area contributed by atoms with Crippen molar-refractivity contribution in [2.45, 2.75) is 39.7 Å². The van der Waals surface area contributed by atoms with Crippen LogP contribution in [-0.2, 0) is 18.4 Å².